The van der Waals surface area contributed by atoms with Gasteiger partial charge in [-0.1, -0.05) is 11.1 Å². The van der Waals surface area contributed by atoms with Crippen LogP contribution in [0.2, 0.25) is 6.04 Å². The van der Waals surface area contributed by atoms with E-state index in [-0.39, 0.29) is 5.75 Å². The summed E-state index contributed by atoms with van der Waals surface area (Å²) in [5.74, 6) is 0.182. The molecule has 0 saturated carbocycles. The van der Waals surface area contributed by atoms with Gasteiger partial charge in [0.1, 0.15) is 0 Å². The van der Waals surface area contributed by atoms with E-state index in [1.807, 2.05) is 0 Å². The molecule has 1 atom stereocenters. The molecule has 0 aliphatic rings. The van der Waals surface area contributed by atoms with E-state index < -0.39 is 19.9 Å². The Kier molecular flexibility index (Phi) is 7.60. The first-order chi connectivity index (χ1) is 6.60. The van der Waals surface area contributed by atoms with Crippen LogP contribution in [0.3, 0.4) is 0 Å². The van der Waals surface area contributed by atoms with Gasteiger partial charge in [0, 0.05) is 33.1 Å². The van der Waals surface area contributed by atoms with Crippen molar-refractivity contribution in [1.29, 1.82) is 0 Å². The zero-order valence-corrected chi connectivity index (χ0v) is 10.6. The van der Waals surface area contributed by atoms with Crippen molar-refractivity contribution in [3.63, 3.8) is 0 Å². The summed E-state index contributed by atoms with van der Waals surface area (Å²) in [6.45, 7) is 0. The molecule has 0 saturated heterocycles. The summed E-state index contributed by atoms with van der Waals surface area (Å²) in [5, 5.41) is 0. The third kappa shape index (κ3) is 5.18. The minimum absolute atomic E-state index is 0.182. The van der Waals surface area contributed by atoms with E-state index in [9.17, 15) is 8.76 Å². The van der Waals surface area contributed by atoms with Gasteiger partial charge in [-0.15, -0.1) is 0 Å². The fourth-order valence-electron chi connectivity index (χ4n) is 1.12. The van der Waals surface area contributed by atoms with Crippen LogP contribution in [-0.4, -0.2) is 44.6 Å². The highest BCUT2D eigenvalue weighted by molar-refractivity contribution is 7.79. The average Bonchev–Trinajstić information content (AvgIpc) is 2.19. The largest absolute Gasteiger partial charge is 0.772 e. The summed E-state index contributed by atoms with van der Waals surface area (Å²) in [4.78, 5) is 0. The average molecular weight is 241 g/mol. The number of hydrogen-bond donors (Lipinski definition) is 0. The topological polar surface area (TPSA) is 67.8 Å². The maximum atomic E-state index is 10.3. The Balaban J connectivity index is 3.77. The molecule has 5 nitrogen and oxygen atoms in total. The van der Waals surface area contributed by atoms with E-state index in [2.05, 4.69) is 0 Å². The zero-order valence-electron chi connectivity index (χ0n) is 8.78. The second-order valence-corrected chi connectivity index (χ2v) is 6.87. The zero-order chi connectivity index (χ0) is 11.0. The van der Waals surface area contributed by atoms with Crippen LogP contribution in [0.5, 0.6) is 0 Å². The van der Waals surface area contributed by atoms with E-state index >= 15 is 0 Å². The lowest BCUT2D eigenvalue weighted by Crippen LogP contribution is -2.42. The molecule has 0 heterocycles. The molecular formula is C7H17O5SSi-. The number of hydrogen-bond acceptors (Lipinski definition) is 5. The second kappa shape index (κ2) is 7.49. The Morgan fingerprint density at radius 3 is 2.00 bits per heavy atom. The molecule has 0 amide bonds. The van der Waals surface area contributed by atoms with Crippen molar-refractivity contribution in [3.05, 3.63) is 0 Å². The minimum Gasteiger partial charge on any atom is -0.772 e. The van der Waals surface area contributed by atoms with Crippen molar-refractivity contribution in [1.82, 2.24) is 0 Å². The Morgan fingerprint density at radius 2 is 1.64 bits per heavy atom. The van der Waals surface area contributed by atoms with Crippen LogP contribution in [0.25, 0.3) is 0 Å². The van der Waals surface area contributed by atoms with Crippen molar-refractivity contribution >= 4 is 19.9 Å². The predicted molar refractivity (Wildman–Crippen MR) is 54.6 cm³/mol. The monoisotopic (exact) mass is 241 g/mol. The lowest BCUT2D eigenvalue weighted by Gasteiger charge is -2.24. The van der Waals surface area contributed by atoms with E-state index in [0.717, 1.165) is 6.42 Å². The highest BCUT2D eigenvalue weighted by atomic mass is 32.2. The highest BCUT2D eigenvalue weighted by Crippen LogP contribution is 2.16. The molecule has 0 aromatic carbocycles. The van der Waals surface area contributed by atoms with Crippen molar-refractivity contribution in [2.45, 2.75) is 18.9 Å². The van der Waals surface area contributed by atoms with Crippen molar-refractivity contribution in [3.8, 4) is 0 Å². The van der Waals surface area contributed by atoms with Gasteiger partial charge >= 0.3 is 8.80 Å². The Labute approximate surface area is 88.4 Å². The van der Waals surface area contributed by atoms with Gasteiger partial charge in [-0.25, -0.2) is 0 Å². The van der Waals surface area contributed by atoms with Crippen molar-refractivity contribution < 1.29 is 22.0 Å². The molecule has 0 aromatic rings. The molecule has 0 aliphatic carbocycles. The smallest absolute Gasteiger partial charge is 0.500 e. The molecular weight excluding hydrogens is 224 g/mol. The molecule has 0 bridgehead atoms. The van der Waals surface area contributed by atoms with Crippen LogP contribution in [0.15, 0.2) is 0 Å². The first-order valence-corrected chi connectivity index (χ1v) is 7.49. The third-order valence-electron chi connectivity index (χ3n) is 1.98. The summed E-state index contributed by atoms with van der Waals surface area (Å²) in [7, 11) is 2.15. The Bertz CT molecular complexity index is 165. The standard InChI is InChI=1S/C7H18O5SSi/c1-10-14(11-2,12-3)7-5-4-6-13(8)9/h4-7H2,1-3H3,(H,8,9)/p-1. The Hall–Kier alpha value is 0.207. The molecule has 86 valence electrons. The van der Waals surface area contributed by atoms with Gasteiger partial charge in [-0.2, -0.15) is 0 Å². The molecule has 0 radical (unpaired) electrons. The van der Waals surface area contributed by atoms with Crippen molar-refractivity contribution in [2.75, 3.05) is 27.1 Å². The first kappa shape index (κ1) is 14.2. The summed E-state index contributed by atoms with van der Waals surface area (Å²) < 4.78 is 36.1. The lowest BCUT2D eigenvalue weighted by molar-refractivity contribution is 0.123. The van der Waals surface area contributed by atoms with Gasteiger partial charge in [-0.05, 0) is 12.8 Å². The maximum Gasteiger partial charge on any atom is 0.500 e. The van der Waals surface area contributed by atoms with E-state index in [1.54, 1.807) is 21.3 Å². The van der Waals surface area contributed by atoms with E-state index in [0.29, 0.717) is 12.5 Å². The summed E-state index contributed by atoms with van der Waals surface area (Å²) >= 11 is -1.96. The second-order valence-electron chi connectivity index (χ2n) is 2.76. The third-order valence-corrected chi connectivity index (χ3v) is 5.43. The van der Waals surface area contributed by atoms with Gasteiger partial charge in [0.2, 0.25) is 0 Å². The maximum absolute atomic E-state index is 10.3. The van der Waals surface area contributed by atoms with Gasteiger partial charge < -0.3 is 17.8 Å². The van der Waals surface area contributed by atoms with Gasteiger partial charge in [0.15, 0.2) is 0 Å². The van der Waals surface area contributed by atoms with Crippen LogP contribution in [0, 0.1) is 0 Å². The molecule has 0 spiro atoms. The molecule has 14 heavy (non-hydrogen) atoms. The van der Waals surface area contributed by atoms with Crippen LogP contribution < -0.4 is 0 Å². The number of unbranched alkanes of at least 4 members (excludes halogenated alkanes) is 1. The van der Waals surface area contributed by atoms with Crippen molar-refractivity contribution in [2.24, 2.45) is 0 Å². The molecule has 0 rings (SSSR count). The Morgan fingerprint density at radius 1 is 1.14 bits per heavy atom. The van der Waals surface area contributed by atoms with E-state index in [4.69, 9.17) is 13.3 Å². The molecule has 0 fully saturated rings. The molecule has 1 unspecified atom stereocenters. The molecule has 0 N–H and O–H groups in total. The van der Waals surface area contributed by atoms with Gasteiger partial charge in [0.25, 0.3) is 0 Å². The number of rotatable bonds is 8. The van der Waals surface area contributed by atoms with Gasteiger partial charge in [-0.3, -0.25) is 4.21 Å². The summed E-state index contributed by atoms with van der Waals surface area (Å²) in [6, 6.07) is 0.647. The summed E-state index contributed by atoms with van der Waals surface area (Å²) in [6.07, 6.45) is 1.34. The van der Waals surface area contributed by atoms with E-state index in [1.165, 1.54) is 0 Å². The molecule has 0 aliphatic heterocycles. The van der Waals surface area contributed by atoms with Crippen LogP contribution >= 0.6 is 0 Å². The normalized spacial score (nSPS) is 14.3. The summed E-state index contributed by atoms with van der Waals surface area (Å²) in [5.41, 5.74) is 0. The quantitative estimate of drug-likeness (QED) is 0.352. The molecule has 0 aromatic heterocycles. The lowest BCUT2D eigenvalue weighted by atomic mass is 10.4. The van der Waals surface area contributed by atoms with Crippen LogP contribution in [0.1, 0.15) is 12.8 Å². The highest BCUT2D eigenvalue weighted by Gasteiger charge is 2.36. The molecule has 7 heteroatoms. The minimum atomic E-state index is -2.49. The first-order valence-electron chi connectivity index (χ1n) is 4.31. The van der Waals surface area contributed by atoms with Crippen LogP contribution in [0.4, 0.5) is 0 Å². The van der Waals surface area contributed by atoms with Crippen LogP contribution in [-0.2, 0) is 24.4 Å². The fourth-order valence-corrected chi connectivity index (χ4v) is 3.35. The predicted octanol–water partition coefficient (Wildman–Crippen LogP) is 0.524. The van der Waals surface area contributed by atoms with Gasteiger partial charge in [0.05, 0.1) is 0 Å². The fraction of sp³-hybridized carbons (Fsp3) is 1.00. The SMILES string of the molecule is CO[Si](CCCCS(=O)[O-])(OC)OC.